The molecule has 1 rings (SSSR count). The van der Waals surface area contributed by atoms with Crippen LogP contribution >= 0.6 is 0 Å². The largest absolute Gasteiger partial charge is 0.311 e. The van der Waals surface area contributed by atoms with Gasteiger partial charge < -0.3 is 5.32 Å². The minimum absolute atomic E-state index is 0.690. The lowest BCUT2D eigenvalue weighted by atomic mass is 9.80. The molecule has 1 aliphatic rings. The summed E-state index contributed by atoms with van der Waals surface area (Å²) in [6.07, 6.45) is 5.65. The van der Waals surface area contributed by atoms with Crippen LogP contribution in [0.5, 0.6) is 0 Å². The first-order valence-corrected chi connectivity index (χ1v) is 5.85. The van der Waals surface area contributed by atoms with Crippen LogP contribution in [0.15, 0.2) is 0 Å². The van der Waals surface area contributed by atoms with Crippen molar-refractivity contribution in [1.82, 2.24) is 5.32 Å². The molecule has 0 radical (unpaired) electrons. The Morgan fingerprint density at radius 2 is 1.77 bits per heavy atom. The highest BCUT2D eigenvalue weighted by Gasteiger charge is 2.24. The van der Waals surface area contributed by atoms with Gasteiger partial charge in [-0.1, -0.05) is 20.3 Å². The average molecular weight is 183 g/mol. The van der Waals surface area contributed by atoms with Crippen LogP contribution in [-0.4, -0.2) is 12.1 Å². The number of hydrogen-bond donors (Lipinski definition) is 1. The molecular weight excluding hydrogens is 158 g/mol. The standard InChI is InChI=1S/C12H25N/c1-9(2)8-10(3)13-11(4)12-6-5-7-12/h9-13H,5-8H2,1-4H3/t10-,11?/m0/s1. The molecule has 0 amide bonds. The summed E-state index contributed by atoms with van der Waals surface area (Å²) in [6, 6.07) is 1.43. The number of hydrogen-bond acceptors (Lipinski definition) is 1. The van der Waals surface area contributed by atoms with Crippen molar-refractivity contribution in [3.8, 4) is 0 Å². The molecule has 0 bridgehead atoms. The molecule has 13 heavy (non-hydrogen) atoms. The van der Waals surface area contributed by atoms with E-state index in [0.717, 1.165) is 17.9 Å². The lowest BCUT2D eigenvalue weighted by Gasteiger charge is -2.34. The smallest absolute Gasteiger partial charge is 0.00694 e. The maximum atomic E-state index is 3.71. The van der Waals surface area contributed by atoms with Gasteiger partial charge in [-0.25, -0.2) is 0 Å². The Morgan fingerprint density at radius 3 is 2.15 bits per heavy atom. The van der Waals surface area contributed by atoms with E-state index < -0.39 is 0 Å². The first-order valence-electron chi connectivity index (χ1n) is 5.85. The van der Waals surface area contributed by atoms with Crippen molar-refractivity contribution in [3.63, 3.8) is 0 Å². The first kappa shape index (κ1) is 11.0. The summed E-state index contributed by atoms with van der Waals surface area (Å²) >= 11 is 0. The van der Waals surface area contributed by atoms with Gasteiger partial charge in [-0.3, -0.25) is 0 Å². The lowest BCUT2D eigenvalue weighted by molar-refractivity contribution is 0.223. The second-order valence-electron chi connectivity index (χ2n) is 5.18. The fourth-order valence-electron chi connectivity index (χ4n) is 2.30. The van der Waals surface area contributed by atoms with Crippen molar-refractivity contribution >= 4 is 0 Å². The van der Waals surface area contributed by atoms with E-state index in [1.165, 1.54) is 25.7 Å². The van der Waals surface area contributed by atoms with Crippen molar-refractivity contribution in [3.05, 3.63) is 0 Å². The van der Waals surface area contributed by atoms with E-state index >= 15 is 0 Å². The zero-order valence-electron chi connectivity index (χ0n) is 9.64. The third-order valence-corrected chi connectivity index (χ3v) is 3.23. The second-order valence-corrected chi connectivity index (χ2v) is 5.18. The van der Waals surface area contributed by atoms with Gasteiger partial charge in [-0.05, 0) is 44.9 Å². The van der Waals surface area contributed by atoms with Gasteiger partial charge in [0.25, 0.3) is 0 Å². The zero-order valence-corrected chi connectivity index (χ0v) is 9.64. The van der Waals surface area contributed by atoms with Gasteiger partial charge in [0, 0.05) is 12.1 Å². The predicted molar refractivity (Wildman–Crippen MR) is 58.9 cm³/mol. The van der Waals surface area contributed by atoms with Gasteiger partial charge in [0.2, 0.25) is 0 Å². The molecule has 2 atom stereocenters. The van der Waals surface area contributed by atoms with Crippen molar-refractivity contribution in [2.45, 2.75) is 65.5 Å². The van der Waals surface area contributed by atoms with Crippen molar-refractivity contribution in [2.75, 3.05) is 0 Å². The summed E-state index contributed by atoms with van der Waals surface area (Å²) in [5, 5.41) is 3.71. The van der Waals surface area contributed by atoms with E-state index in [-0.39, 0.29) is 0 Å². The average Bonchev–Trinajstić information content (AvgIpc) is 1.78. The van der Waals surface area contributed by atoms with Crippen LogP contribution in [0, 0.1) is 11.8 Å². The maximum Gasteiger partial charge on any atom is 0.00694 e. The fraction of sp³-hybridized carbons (Fsp3) is 1.00. The Balaban J connectivity index is 2.14. The van der Waals surface area contributed by atoms with Crippen molar-refractivity contribution in [2.24, 2.45) is 11.8 Å². The highest BCUT2D eigenvalue weighted by Crippen LogP contribution is 2.29. The van der Waals surface area contributed by atoms with Gasteiger partial charge in [0.15, 0.2) is 0 Å². The number of rotatable bonds is 5. The molecule has 0 aromatic heterocycles. The molecular formula is C12H25N. The Hall–Kier alpha value is -0.0400. The van der Waals surface area contributed by atoms with Gasteiger partial charge in [-0.15, -0.1) is 0 Å². The maximum absolute atomic E-state index is 3.71. The van der Waals surface area contributed by atoms with Crippen LogP contribution < -0.4 is 5.32 Å². The minimum atomic E-state index is 0.690. The van der Waals surface area contributed by atoms with Crippen LogP contribution in [0.1, 0.15) is 53.4 Å². The van der Waals surface area contributed by atoms with E-state index in [0.29, 0.717) is 6.04 Å². The van der Waals surface area contributed by atoms with Crippen molar-refractivity contribution in [1.29, 1.82) is 0 Å². The van der Waals surface area contributed by atoms with Crippen LogP contribution in [0.2, 0.25) is 0 Å². The molecule has 0 aromatic carbocycles. The lowest BCUT2D eigenvalue weighted by Crippen LogP contribution is -2.42. The Labute approximate surface area is 83.3 Å². The molecule has 1 heteroatoms. The van der Waals surface area contributed by atoms with Crippen LogP contribution in [-0.2, 0) is 0 Å². The summed E-state index contributed by atoms with van der Waals surface area (Å²) in [4.78, 5) is 0. The predicted octanol–water partition coefficient (Wildman–Crippen LogP) is 3.20. The quantitative estimate of drug-likeness (QED) is 0.690. The monoisotopic (exact) mass is 183 g/mol. The summed E-state index contributed by atoms with van der Waals surface area (Å²) in [7, 11) is 0. The van der Waals surface area contributed by atoms with Gasteiger partial charge in [0.1, 0.15) is 0 Å². The summed E-state index contributed by atoms with van der Waals surface area (Å²) in [5.41, 5.74) is 0. The zero-order chi connectivity index (χ0) is 9.84. The third-order valence-electron chi connectivity index (χ3n) is 3.23. The molecule has 0 spiro atoms. The normalized spacial score (nSPS) is 22.8. The van der Waals surface area contributed by atoms with Crippen LogP contribution in [0.3, 0.4) is 0 Å². The fourth-order valence-corrected chi connectivity index (χ4v) is 2.30. The van der Waals surface area contributed by atoms with E-state index in [1.54, 1.807) is 0 Å². The molecule has 1 N–H and O–H groups in total. The molecule has 1 saturated carbocycles. The van der Waals surface area contributed by atoms with Gasteiger partial charge in [0.05, 0.1) is 0 Å². The first-order chi connectivity index (χ1) is 6.09. The highest BCUT2D eigenvalue weighted by atomic mass is 14.9. The van der Waals surface area contributed by atoms with Crippen LogP contribution in [0.25, 0.3) is 0 Å². The Kier molecular flexibility index (Phi) is 4.24. The molecule has 0 aliphatic heterocycles. The number of nitrogens with one attached hydrogen (secondary N) is 1. The van der Waals surface area contributed by atoms with E-state index in [2.05, 4.69) is 33.0 Å². The Bertz CT molecular complexity index is 138. The molecule has 1 aliphatic carbocycles. The molecule has 78 valence electrons. The molecule has 0 saturated heterocycles. The Morgan fingerprint density at radius 1 is 1.15 bits per heavy atom. The second kappa shape index (κ2) is 4.99. The molecule has 1 unspecified atom stereocenters. The highest BCUT2D eigenvalue weighted by molar-refractivity contribution is 4.81. The summed E-state index contributed by atoms with van der Waals surface area (Å²) < 4.78 is 0. The SMILES string of the molecule is CC(C)C[C@H](C)NC(C)C1CCC1. The third kappa shape index (κ3) is 3.68. The minimum Gasteiger partial charge on any atom is -0.311 e. The van der Waals surface area contributed by atoms with Crippen molar-refractivity contribution < 1.29 is 0 Å². The van der Waals surface area contributed by atoms with Gasteiger partial charge in [-0.2, -0.15) is 0 Å². The van der Waals surface area contributed by atoms with E-state index in [9.17, 15) is 0 Å². The molecule has 0 aromatic rings. The van der Waals surface area contributed by atoms with E-state index in [4.69, 9.17) is 0 Å². The topological polar surface area (TPSA) is 12.0 Å². The molecule has 1 fully saturated rings. The molecule has 1 nitrogen and oxygen atoms in total. The van der Waals surface area contributed by atoms with Gasteiger partial charge >= 0.3 is 0 Å². The molecule has 0 heterocycles. The van der Waals surface area contributed by atoms with Crippen LogP contribution in [0.4, 0.5) is 0 Å². The summed E-state index contributed by atoms with van der Waals surface area (Å²) in [5.74, 6) is 1.78. The summed E-state index contributed by atoms with van der Waals surface area (Å²) in [6.45, 7) is 9.26. The van der Waals surface area contributed by atoms with E-state index in [1.807, 2.05) is 0 Å².